The van der Waals surface area contributed by atoms with Gasteiger partial charge in [-0.05, 0) is 50.6 Å². The number of thiazole rings is 1. The van der Waals surface area contributed by atoms with Crippen LogP contribution < -0.4 is 4.74 Å². The van der Waals surface area contributed by atoms with Gasteiger partial charge in [-0.1, -0.05) is 35.9 Å². The van der Waals surface area contributed by atoms with Gasteiger partial charge in [0.05, 0.1) is 24.7 Å². The number of hydrogen-bond donors (Lipinski definition) is 0. The molecule has 0 amide bonds. The van der Waals surface area contributed by atoms with E-state index in [4.69, 9.17) is 21.1 Å². The highest BCUT2D eigenvalue weighted by Crippen LogP contribution is 2.38. The first-order valence-electron chi connectivity index (χ1n) is 10.3. The lowest BCUT2D eigenvalue weighted by Gasteiger charge is -2.26. The molecule has 3 aromatic rings. The molecule has 0 spiro atoms. The van der Waals surface area contributed by atoms with Gasteiger partial charge in [0.25, 0.3) is 0 Å². The topological polar surface area (TPSA) is 65.5 Å². The van der Waals surface area contributed by atoms with E-state index in [9.17, 15) is 9.59 Å². The Bertz CT molecular complexity index is 1120. The van der Waals surface area contributed by atoms with Gasteiger partial charge < -0.3 is 9.47 Å². The fourth-order valence-corrected chi connectivity index (χ4v) is 5.32. The minimum Gasteiger partial charge on any atom is -0.497 e. The lowest BCUT2D eigenvalue weighted by molar-refractivity contribution is -0.146. The summed E-state index contributed by atoms with van der Waals surface area (Å²) >= 11 is 8.91. The van der Waals surface area contributed by atoms with Crippen LogP contribution in [0, 0.1) is 6.92 Å². The molecule has 0 radical (unpaired) electrons. The number of benzene rings is 2. The second kappa shape index (κ2) is 10.7. The number of methoxy groups -OCH3 is 2. The minimum atomic E-state index is -1.09. The molecule has 2 aromatic carbocycles. The third-order valence-electron chi connectivity index (χ3n) is 5.25. The molecule has 0 saturated carbocycles. The van der Waals surface area contributed by atoms with Gasteiger partial charge in [-0.15, -0.1) is 23.1 Å². The number of esters is 1. The summed E-state index contributed by atoms with van der Waals surface area (Å²) in [6.07, 6.45) is 0. The van der Waals surface area contributed by atoms with Crippen molar-refractivity contribution in [3.05, 3.63) is 69.7 Å². The van der Waals surface area contributed by atoms with Gasteiger partial charge in [-0.25, -0.2) is 4.98 Å². The molecule has 1 atom stereocenters. The molecule has 0 aliphatic carbocycles. The zero-order valence-corrected chi connectivity index (χ0v) is 21.6. The molecular formula is C25H26ClNO4S2. The van der Waals surface area contributed by atoms with Crippen LogP contribution in [0.4, 0.5) is 0 Å². The average molecular weight is 504 g/mol. The van der Waals surface area contributed by atoms with Crippen molar-refractivity contribution in [1.82, 2.24) is 4.98 Å². The number of hydrogen-bond acceptors (Lipinski definition) is 7. The molecule has 5 nitrogen and oxygen atoms in total. The van der Waals surface area contributed by atoms with E-state index in [0.29, 0.717) is 16.5 Å². The van der Waals surface area contributed by atoms with Crippen LogP contribution in [-0.4, -0.2) is 35.7 Å². The molecule has 0 bridgehead atoms. The second-order valence-corrected chi connectivity index (χ2v) is 11.2. The number of thioether (sulfide) groups is 1. The molecule has 0 N–H and O–H groups in total. The molecule has 0 saturated heterocycles. The van der Waals surface area contributed by atoms with Crippen LogP contribution in [0.25, 0.3) is 10.6 Å². The third kappa shape index (κ3) is 5.96. The number of carbonyl (C=O) groups excluding carboxylic acids is 2. The maximum Gasteiger partial charge on any atom is 0.322 e. The van der Waals surface area contributed by atoms with Crippen molar-refractivity contribution in [3.63, 3.8) is 0 Å². The summed E-state index contributed by atoms with van der Waals surface area (Å²) in [4.78, 5) is 31.9. The first-order chi connectivity index (χ1) is 15.7. The lowest BCUT2D eigenvalue weighted by atomic mass is 9.91. The number of halogens is 1. The Hall–Kier alpha value is -2.35. The number of nitrogens with zero attached hydrogens (tertiary/aromatic N) is 1. The van der Waals surface area contributed by atoms with Crippen molar-refractivity contribution in [3.8, 4) is 16.3 Å². The van der Waals surface area contributed by atoms with Crippen LogP contribution in [-0.2, 0) is 20.1 Å². The monoisotopic (exact) mass is 503 g/mol. The van der Waals surface area contributed by atoms with E-state index in [2.05, 4.69) is 4.98 Å². The van der Waals surface area contributed by atoms with Crippen LogP contribution >= 0.6 is 34.7 Å². The van der Waals surface area contributed by atoms with Gasteiger partial charge in [-0.2, -0.15) is 0 Å². The Balaban J connectivity index is 1.86. The predicted octanol–water partition coefficient (Wildman–Crippen LogP) is 6.32. The zero-order valence-electron chi connectivity index (χ0n) is 19.2. The third-order valence-corrected chi connectivity index (χ3v) is 7.94. The fraction of sp³-hybridized carbons (Fsp3) is 0.320. The van der Waals surface area contributed by atoms with Crippen LogP contribution in [0.15, 0.2) is 48.5 Å². The Morgan fingerprint density at radius 3 is 2.30 bits per heavy atom. The fourth-order valence-electron chi connectivity index (χ4n) is 3.26. The van der Waals surface area contributed by atoms with Crippen LogP contribution in [0.5, 0.6) is 5.75 Å². The van der Waals surface area contributed by atoms with Crippen molar-refractivity contribution in [1.29, 1.82) is 0 Å². The number of ketones is 1. The first kappa shape index (κ1) is 25.3. The summed E-state index contributed by atoms with van der Waals surface area (Å²) in [6, 6.07) is 15.0. The quantitative estimate of drug-likeness (QED) is 0.251. The lowest BCUT2D eigenvalue weighted by Crippen LogP contribution is -2.37. The normalized spacial score (nSPS) is 12.3. The highest BCUT2D eigenvalue weighted by atomic mass is 35.5. The summed E-state index contributed by atoms with van der Waals surface area (Å²) in [5.41, 5.74) is 2.38. The van der Waals surface area contributed by atoms with Crippen molar-refractivity contribution in [2.75, 3.05) is 14.2 Å². The summed E-state index contributed by atoms with van der Waals surface area (Å²) in [5, 5.41) is 1.36. The zero-order chi connectivity index (χ0) is 24.2. The van der Waals surface area contributed by atoms with E-state index in [1.54, 1.807) is 19.2 Å². The Labute approximate surface area is 207 Å². The summed E-state index contributed by atoms with van der Waals surface area (Å²) < 4.78 is 9.38. The molecule has 1 unspecified atom stereocenters. The molecular weight excluding hydrogens is 478 g/mol. The SMILES string of the molecule is COC(=O)C(C(=O)C(C)(C)SCc1ccc(OC)cc1)c1nc(-c2ccc(Cl)cc2)sc1C. The van der Waals surface area contributed by atoms with E-state index in [0.717, 1.165) is 26.8 Å². The average Bonchev–Trinajstić information content (AvgIpc) is 3.19. The standard InChI is InChI=1S/C25H26ClNO4S2/c1-15-21(27-23(33-15)17-8-10-18(26)11-9-17)20(24(29)31-5)22(28)25(2,3)32-14-16-6-12-19(30-4)13-7-16/h6-13,20H,14H2,1-5H3. The number of aryl methyl sites for hydroxylation is 1. The molecule has 0 aliphatic rings. The predicted molar refractivity (Wildman–Crippen MR) is 135 cm³/mol. The van der Waals surface area contributed by atoms with Gasteiger partial charge in [-0.3, -0.25) is 9.59 Å². The van der Waals surface area contributed by atoms with Gasteiger partial charge in [0.1, 0.15) is 10.8 Å². The first-order valence-corrected chi connectivity index (χ1v) is 12.5. The summed E-state index contributed by atoms with van der Waals surface area (Å²) in [6.45, 7) is 5.54. The highest BCUT2D eigenvalue weighted by molar-refractivity contribution is 8.00. The number of ether oxygens (including phenoxy) is 2. The maximum atomic E-state index is 13.6. The molecule has 174 valence electrons. The molecule has 0 fully saturated rings. The van der Waals surface area contributed by atoms with Crippen LogP contribution in [0.2, 0.25) is 5.02 Å². The van der Waals surface area contributed by atoms with Crippen LogP contribution in [0.1, 0.15) is 35.9 Å². The Kier molecular flexibility index (Phi) is 8.21. The molecule has 1 heterocycles. The van der Waals surface area contributed by atoms with E-state index in [1.165, 1.54) is 30.2 Å². The van der Waals surface area contributed by atoms with E-state index >= 15 is 0 Å². The molecule has 33 heavy (non-hydrogen) atoms. The van der Waals surface area contributed by atoms with E-state index in [1.807, 2.05) is 57.2 Å². The van der Waals surface area contributed by atoms with Gasteiger partial charge in [0.15, 0.2) is 11.7 Å². The number of Topliss-reactive ketones (excluding diaryl/α,β-unsaturated/α-hetero) is 1. The minimum absolute atomic E-state index is 0.232. The van der Waals surface area contributed by atoms with Crippen molar-refractivity contribution in [2.45, 2.75) is 37.2 Å². The number of aromatic nitrogens is 1. The van der Waals surface area contributed by atoms with Crippen molar-refractivity contribution in [2.24, 2.45) is 0 Å². The van der Waals surface area contributed by atoms with Crippen molar-refractivity contribution >= 4 is 46.5 Å². The molecule has 1 aromatic heterocycles. The van der Waals surface area contributed by atoms with E-state index in [-0.39, 0.29) is 5.78 Å². The van der Waals surface area contributed by atoms with Crippen LogP contribution in [0.3, 0.4) is 0 Å². The van der Waals surface area contributed by atoms with E-state index < -0.39 is 16.6 Å². The largest absolute Gasteiger partial charge is 0.497 e. The smallest absolute Gasteiger partial charge is 0.322 e. The molecule has 8 heteroatoms. The maximum absolute atomic E-state index is 13.6. The number of rotatable bonds is 9. The Morgan fingerprint density at radius 2 is 1.73 bits per heavy atom. The van der Waals surface area contributed by atoms with Gasteiger partial charge in [0, 0.05) is 21.2 Å². The van der Waals surface area contributed by atoms with Gasteiger partial charge >= 0.3 is 5.97 Å². The summed E-state index contributed by atoms with van der Waals surface area (Å²) in [7, 11) is 2.92. The Morgan fingerprint density at radius 1 is 1.09 bits per heavy atom. The molecule has 3 rings (SSSR count). The van der Waals surface area contributed by atoms with Crippen molar-refractivity contribution < 1.29 is 19.1 Å². The number of carbonyl (C=O) groups is 2. The highest BCUT2D eigenvalue weighted by Gasteiger charge is 2.42. The second-order valence-electron chi connectivity index (χ2n) is 7.93. The molecule has 0 aliphatic heterocycles. The summed E-state index contributed by atoms with van der Waals surface area (Å²) in [5.74, 6) is -0.535. The van der Waals surface area contributed by atoms with Gasteiger partial charge in [0.2, 0.25) is 0 Å².